The molecule has 1 aliphatic heterocycles. The van der Waals surface area contributed by atoms with Crippen LogP contribution in [-0.2, 0) is 21.3 Å². The molecule has 2 heterocycles. The van der Waals surface area contributed by atoms with E-state index in [1.165, 1.54) is 20.2 Å². The Morgan fingerprint density at radius 1 is 1.18 bits per heavy atom. The van der Waals surface area contributed by atoms with E-state index in [0.29, 0.717) is 49.8 Å². The Morgan fingerprint density at radius 3 is 2.52 bits per heavy atom. The van der Waals surface area contributed by atoms with E-state index in [1.807, 2.05) is 4.90 Å². The van der Waals surface area contributed by atoms with Crippen molar-refractivity contribution < 1.29 is 17.9 Å². The van der Waals surface area contributed by atoms with Crippen LogP contribution in [0, 0.1) is 0 Å². The lowest BCUT2D eigenvalue weighted by molar-refractivity contribution is 0.102. The largest absolute Gasteiger partial charge is 0.378 e. The third kappa shape index (κ3) is 6.11. The zero-order chi connectivity index (χ0) is 24.0. The van der Waals surface area contributed by atoms with Gasteiger partial charge < -0.3 is 19.9 Å². The number of hydrogen-bond acceptors (Lipinski definition) is 7. The van der Waals surface area contributed by atoms with Crippen molar-refractivity contribution in [1.82, 2.24) is 19.0 Å². The summed E-state index contributed by atoms with van der Waals surface area (Å²) in [7, 11) is -0.741. The maximum Gasteiger partial charge on any atom is 0.257 e. The third-order valence-corrected chi connectivity index (χ3v) is 7.58. The van der Waals surface area contributed by atoms with Crippen LogP contribution in [0.4, 0.5) is 11.4 Å². The molecule has 1 aliphatic rings. The molecule has 1 fully saturated rings. The van der Waals surface area contributed by atoms with Crippen molar-refractivity contribution >= 4 is 27.3 Å². The van der Waals surface area contributed by atoms with Crippen LogP contribution in [0.5, 0.6) is 0 Å². The number of sulfonamides is 1. The Kier molecular flexibility index (Phi) is 8.46. The smallest absolute Gasteiger partial charge is 0.257 e. The Morgan fingerprint density at radius 2 is 1.88 bits per heavy atom. The topological polar surface area (TPSA) is 100 Å². The van der Waals surface area contributed by atoms with Gasteiger partial charge in [-0.15, -0.1) is 0 Å². The van der Waals surface area contributed by atoms with Gasteiger partial charge in [-0.25, -0.2) is 12.7 Å². The van der Waals surface area contributed by atoms with E-state index in [0.717, 1.165) is 23.9 Å². The fourth-order valence-electron chi connectivity index (χ4n) is 3.68. The maximum absolute atomic E-state index is 13.3. The Bertz CT molecular complexity index is 1040. The minimum absolute atomic E-state index is 0.0737. The van der Waals surface area contributed by atoms with E-state index in [1.54, 1.807) is 29.2 Å². The molecule has 1 N–H and O–H groups in total. The standard InChI is InChI=1S/C22H34N6O4S/c1-5-26(6-2)9-10-28-17-18(16-23-28)24-22(29)20-15-19(33(30,31)25(3)4)7-8-21(20)27-11-13-32-14-12-27/h7-8,15-17H,5-6,9-14H2,1-4H3,(H,24,29). The number of aromatic nitrogens is 2. The molecular formula is C22H34N6O4S. The number of rotatable bonds is 10. The number of anilines is 2. The van der Waals surface area contributed by atoms with Gasteiger partial charge in [0.1, 0.15) is 0 Å². The van der Waals surface area contributed by atoms with Crippen LogP contribution in [0.1, 0.15) is 24.2 Å². The predicted molar refractivity (Wildman–Crippen MR) is 128 cm³/mol. The number of benzene rings is 1. The Balaban J connectivity index is 1.84. The van der Waals surface area contributed by atoms with Crippen LogP contribution < -0.4 is 10.2 Å². The third-order valence-electron chi connectivity index (χ3n) is 5.77. The first-order chi connectivity index (χ1) is 15.8. The highest BCUT2D eigenvalue weighted by Crippen LogP contribution is 2.27. The van der Waals surface area contributed by atoms with Gasteiger partial charge in [0, 0.05) is 45.6 Å². The van der Waals surface area contributed by atoms with E-state index in [2.05, 4.69) is 29.2 Å². The second-order valence-electron chi connectivity index (χ2n) is 8.04. The summed E-state index contributed by atoms with van der Waals surface area (Å²) in [5, 5.41) is 7.22. The number of ether oxygens (including phenoxy) is 1. The average Bonchev–Trinajstić information content (AvgIpc) is 3.27. The maximum atomic E-state index is 13.3. The molecule has 0 bridgehead atoms. The highest BCUT2D eigenvalue weighted by atomic mass is 32.2. The van der Waals surface area contributed by atoms with E-state index >= 15 is 0 Å². The lowest BCUT2D eigenvalue weighted by Crippen LogP contribution is -2.37. The van der Waals surface area contributed by atoms with Gasteiger partial charge in [-0.05, 0) is 31.3 Å². The van der Waals surface area contributed by atoms with Gasteiger partial charge in [0.25, 0.3) is 5.91 Å². The Hall–Kier alpha value is -2.47. The lowest BCUT2D eigenvalue weighted by atomic mass is 10.1. The summed E-state index contributed by atoms with van der Waals surface area (Å²) >= 11 is 0. The van der Waals surface area contributed by atoms with Crippen LogP contribution in [0.2, 0.25) is 0 Å². The van der Waals surface area contributed by atoms with Gasteiger partial charge in [-0.3, -0.25) is 9.48 Å². The second kappa shape index (κ2) is 11.1. The molecule has 2 aromatic rings. The molecule has 0 aliphatic carbocycles. The molecule has 0 saturated carbocycles. The molecule has 3 rings (SSSR count). The molecule has 33 heavy (non-hydrogen) atoms. The molecule has 11 heteroatoms. The molecule has 182 valence electrons. The molecule has 1 amide bonds. The number of morpholine rings is 1. The molecule has 1 aromatic carbocycles. The quantitative estimate of drug-likeness (QED) is 0.553. The molecule has 0 radical (unpaired) electrons. The van der Waals surface area contributed by atoms with Crippen molar-refractivity contribution in [3.63, 3.8) is 0 Å². The Labute approximate surface area is 196 Å². The fraction of sp³-hybridized carbons (Fsp3) is 0.545. The van der Waals surface area contributed by atoms with Gasteiger partial charge in [-0.1, -0.05) is 13.8 Å². The first kappa shape index (κ1) is 25.2. The highest BCUT2D eigenvalue weighted by Gasteiger charge is 2.24. The van der Waals surface area contributed by atoms with E-state index in [-0.39, 0.29) is 10.8 Å². The summed E-state index contributed by atoms with van der Waals surface area (Å²) in [4.78, 5) is 17.7. The normalized spacial score (nSPS) is 14.8. The van der Waals surface area contributed by atoms with E-state index in [9.17, 15) is 13.2 Å². The van der Waals surface area contributed by atoms with Gasteiger partial charge in [0.15, 0.2) is 0 Å². The van der Waals surface area contributed by atoms with Crippen LogP contribution >= 0.6 is 0 Å². The number of carbonyl (C=O) groups is 1. The first-order valence-corrected chi connectivity index (χ1v) is 12.7. The molecule has 1 aromatic heterocycles. The van der Waals surface area contributed by atoms with E-state index in [4.69, 9.17) is 4.74 Å². The number of carbonyl (C=O) groups excluding carboxylic acids is 1. The number of amides is 1. The fourth-order valence-corrected chi connectivity index (χ4v) is 4.61. The van der Waals surface area contributed by atoms with Crippen LogP contribution in [0.15, 0.2) is 35.5 Å². The average molecular weight is 479 g/mol. The summed E-state index contributed by atoms with van der Waals surface area (Å²) in [6.07, 6.45) is 3.39. The van der Waals surface area contributed by atoms with Gasteiger partial charge in [0.2, 0.25) is 10.0 Å². The summed E-state index contributed by atoms with van der Waals surface area (Å²) < 4.78 is 33.7. The van der Waals surface area contributed by atoms with Crippen molar-refractivity contribution in [2.75, 3.05) is 70.2 Å². The van der Waals surface area contributed by atoms with Crippen molar-refractivity contribution in [1.29, 1.82) is 0 Å². The summed E-state index contributed by atoms with van der Waals surface area (Å²) in [5.74, 6) is -0.379. The monoisotopic (exact) mass is 478 g/mol. The molecule has 0 spiro atoms. The molecule has 0 atom stereocenters. The van der Waals surface area contributed by atoms with Crippen LogP contribution in [-0.4, -0.2) is 93.3 Å². The SMILES string of the molecule is CCN(CC)CCn1cc(NC(=O)c2cc(S(=O)(=O)N(C)C)ccc2N2CCOCC2)cn1. The first-order valence-electron chi connectivity index (χ1n) is 11.2. The molecule has 1 saturated heterocycles. The van der Waals surface area contributed by atoms with Crippen molar-refractivity contribution in [2.45, 2.75) is 25.3 Å². The van der Waals surface area contributed by atoms with Crippen LogP contribution in [0.3, 0.4) is 0 Å². The van der Waals surface area contributed by atoms with Crippen molar-refractivity contribution in [3.05, 3.63) is 36.2 Å². The van der Waals surface area contributed by atoms with Gasteiger partial charge >= 0.3 is 0 Å². The molecule has 10 nitrogen and oxygen atoms in total. The summed E-state index contributed by atoms with van der Waals surface area (Å²) in [5.41, 5.74) is 1.55. The van der Waals surface area contributed by atoms with Crippen molar-refractivity contribution in [2.24, 2.45) is 0 Å². The lowest BCUT2D eigenvalue weighted by Gasteiger charge is -2.30. The molecule has 0 unspecified atom stereocenters. The minimum Gasteiger partial charge on any atom is -0.378 e. The number of hydrogen-bond donors (Lipinski definition) is 1. The number of likely N-dealkylation sites (N-methyl/N-ethyl adjacent to an activating group) is 1. The second-order valence-corrected chi connectivity index (χ2v) is 10.2. The van der Waals surface area contributed by atoms with Crippen LogP contribution in [0.25, 0.3) is 0 Å². The zero-order valence-electron chi connectivity index (χ0n) is 19.8. The zero-order valence-corrected chi connectivity index (χ0v) is 20.6. The summed E-state index contributed by atoms with van der Waals surface area (Å²) in [6.45, 7) is 10.1. The highest BCUT2D eigenvalue weighted by molar-refractivity contribution is 7.89. The number of nitrogens with one attached hydrogen (secondary N) is 1. The van der Waals surface area contributed by atoms with Gasteiger partial charge in [0.05, 0.1) is 42.1 Å². The minimum atomic E-state index is -3.68. The van der Waals surface area contributed by atoms with Gasteiger partial charge in [-0.2, -0.15) is 5.10 Å². The summed E-state index contributed by atoms with van der Waals surface area (Å²) in [6, 6.07) is 4.69. The van der Waals surface area contributed by atoms with E-state index < -0.39 is 10.0 Å². The number of nitrogens with zero attached hydrogens (tertiary/aromatic N) is 5. The van der Waals surface area contributed by atoms with Crippen molar-refractivity contribution in [3.8, 4) is 0 Å². The molecular weight excluding hydrogens is 444 g/mol. The predicted octanol–water partition coefficient (Wildman–Crippen LogP) is 1.56.